The van der Waals surface area contributed by atoms with E-state index >= 15 is 0 Å². The number of hydrogen-bond acceptors (Lipinski definition) is 2. The molecule has 0 aromatic heterocycles. The van der Waals surface area contributed by atoms with E-state index in [2.05, 4.69) is 15.9 Å². The summed E-state index contributed by atoms with van der Waals surface area (Å²) in [5.74, 6) is -0.641. The van der Waals surface area contributed by atoms with E-state index in [1.54, 1.807) is 18.2 Å². The van der Waals surface area contributed by atoms with Crippen LogP contribution in [0.25, 0.3) is 0 Å². The van der Waals surface area contributed by atoms with Crippen molar-refractivity contribution < 1.29 is 8.78 Å². The minimum Gasteiger partial charge on any atom is -0.366 e. The standard InChI is InChI=1S/C15H15BrF2N2/c1-20(12-4-2-3-10(17)7-12)15(9-19)13-8-11(18)5-6-14(13)16/h2-8,15H,9,19H2,1H3. The molecule has 0 fully saturated rings. The van der Waals surface area contributed by atoms with Crippen molar-refractivity contribution in [3.05, 3.63) is 64.1 Å². The lowest BCUT2D eigenvalue weighted by atomic mass is 10.0. The van der Waals surface area contributed by atoms with Crippen LogP contribution < -0.4 is 10.6 Å². The Hall–Kier alpha value is -1.46. The van der Waals surface area contributed by atoms with Crippen LogP contribution in [0, 0.1) is 11.6 Å². The molecule has 0 aliphatic heterocycles. The molecule has 1 atom stereocenters. The molecule has 2 nitrogen and oxygen atoms in total. The summed E-state index contributed by atoms with van der Waals surface area (Å²) in [4.78, 5) is 1.84. The monoisotopic (exact) mass is 340 g/mol. The zero-order valence-corrected chi connectivity index (χ0v) is 12.6. The third-order valence-electron chi connectivity index (χ3n) is 3.22. The third-order valence-corrected chi connectivity index (χ3v) is 3.95. The van der Waals surface area contributed by atoms with Crippen molar-refractivity contribution in [2.75, 3.05) is 18.5 Å². The smallest absolute Gasteiger partial charge is 0.125 e. The highest BCUT2D eigenvalue weighted by molar-refractivity contribution is 9.10. The molecule has 0 radical (unpaired) electrons. The highest BCUT2D eigenvalue weighted by Gasteiger charge is 2.19. The molecule has 0 spiro atoms. The van der Waals surface area contributed by atoms with Crippen LogP contribution in [0.15, 0.2) is 46.9 Å². The molecule has 106 valence electrons. The Bertz CT molecular complexity index is 604. The van der Waals surface area contributed by atoms with Gasteiger partial charge in [0.25, 0.3) is 0 Å². The van der Waals surface area contributed by atoms with Crippen molar-refractivity contribution in [1.82, 2.24) is 0 Å². The van der Waals surface area contributed by atoms with Crippen molar-refractivity contribution in [3.63, 3.8) is 0 Å². The summed E-state index contributed by atoms with van der Waals surface area (Å²) < 4.78 is 27.5. The van der Waals surface area contributed by atoms with Gasteiger partial charge in [0.2, 0.25) is 0 Å². The Morgan fingerprint density at radius 3 is 2.50 bits per heavy atom. The van der Waals surface area contributed by atoms with Gasteiger partial charge in [-0.25, -0.2) is 8.78 Å². The third kappa shape index (κ3) is 3.16. The maximum absolute atomic E-state index is 13.4. The lowest BCUT2D eigenvalue weighted by Crippen LogP contribution is -2.30. The van der Waals surface area contributed by atoms with E-state index in [-0.39, 0.29) is 24.2 Å². The Labute approximate surface area is 125 Å². The summed E-state index contributed by atoms with van der Waals surface area (Å²) in [6.07, 6.45) is 0. The van der Waals surface area contributed by atoms with Gasteiger partial charge in [-0.1, -0.05) is 22.0 Å². The molecule has 20 heavy (non-hydrogen) atoms. The van der Waals surface area contributed by atoms with Gasteiger partial charge in [-0.3, -0.25) is 0 Å². The molecule has 0 saturated carbocycles. The normalized spacial score (nSPS) is 12.2. The van der Waals surface area contributed by atoms with Crippen LogP contribution in [0.2, 0.25) is 0 Å². The Morgan fingerprint density at radius 1 is 1.15 bits per heavy atom. The fraction of sp³-hybridized carbons (Fsp3) is 0.200. The molecule has 2 rings (SSSR count). The molecule has 2 aromatic carbocycles. The number of nitrogens with two attached hydrogens (primary N) is 1. The van der Waals surface area contributed by atoms with E-state index in [9.17, 15) is 8.78 Å². The second-order valence-electron chi connectivity index (χ2n) is 4.51. The number of anilines is 1. The minimum atomic E-state index is -0.325. The molecule has 0 heterocycles. The van der Waals surface area contributed by atoms with E-state index in [0.717, 1.165) is 10.0 Å². The van der Waals surface area contributed by atoms with E-state index in [1.807, 2.05) is 11.9 Å². The molecule has 0 aliphatic carbocycles. The van der Waals surface area contributed by atoms with Gasteiger partial charge < -0.3 is 10.6 Å². The van der Waals surface area contributed by atoms with Gasteiger partial charge in [0.15, 0.2) is 0 Å². The summed E-state index contributed by atoms with van der Waals surface area (Å²) in [6, 6.07) is 10.5. The number of nitrogens with zero attached hydrogens (tertiary/aromatic N) is 1. The van der Waals surface area contributed by atoms with Crippen LogP contribution in [0.1, 0.15) is 11.6 Å². The molecule has 5 heteroatoms. The summed E-state index contributed by atoms with van der Waals surface area (Å²) in [5.41, 5.74) is 7.25. The number of halogens is 3. The van der Waals surface area contributed by atoms with Crippen LogP contribution in [-0.2, 0) is 0 Å². The maximum Gasteiger partial charge on any atom is 0.125 e. The van der Waals surface area contributed by atoms with Gasteiger partial charge in [-0.15, -0.1) is 0 Å². The maximum atomic E-state index is 13.4. The lowest BCUT2D eigenvalue weighted by Gasteiger charge is -2.30. The van der Waals surface area contributed by atoms with Gasteiger partial charge in [0.05, 0.1) is 6.04 Å². The second kappa shape index (κ2) is 6.33. The molecule has 1 unspecified atom stereocenters. The summed E-state index contributed by atoms with van der Waals surface area (Å²) >= 11 is 3.40. The first-order chi connectivity index (χ1) is 9.52. The zero-order chi connectivity index (χ0) is 14.7. The molecule has 0 bridgehead atoms. The predicted octanol–water partition coefficient (Wildman–Crippen LogP) is 3.86. The van der Waals surface area contributed by atoms with Crippen LogP contribution >= 0.6 is 15.9 Å². The Morgan fingerprint density at radius 2 is 1.85 bits per heavy atom. The summed E-state index contributed by atoms with van der Waals surface area (Å²) in [7, 11) is 1.81. The number of likely N-dealkylation sites (N-methyl/N-ethyl adjacent to an activating group) is 1. The van der Waals surface area contributed by atoms with Gasteiger partial charge in [-0.05, 0) is 42.0 Å². The quantitative estimate of drug-likeness (QED) is 0.915. The number of hydrogen-bond donors (Lipinski definition) is 1. The van der Waals surface area contributed by atoms with Crippen molar-refractivity contribution in [2.24, 2.45) is 5.73 Å². The Balaban J connectivity index is 2.39. The highest BCUT2D eigenvalue weighted by atomic mass is 79.9. The molecular formula is C15H15BrF2N2. The van der Waals surface area contributed by atoms with Gasteiger partial charge in [0.1, 0.15) is 11.6 Å². The Kier molecular flexibility index (Phi) is 4.73. The van der Waals surface area contributed by atoms with E-state index in [0.29, 0.717) is 5.69 Å². The predicted molar refractivity (Wildman–Crippen MR) is 80.7 cm³/mol. The average Bonchev–Trinajstić information content (AvgIpc) is 2.43. The van der Waals surface area contributed by atoms with Crippen LogP contribution in [0.3, 0.4) is 0 Å². The van der Waals surface area contributed by atoms with Crippen LogP contribution in [0.4, 0.5) is 14.5 Å². The minimum absolute atomic E-state index is 0.248. The average molecular weight is 341 g/mol. The number of benzene rings is 2. The van der Waals surface area contributed by atoms with E-state index in [1.165, 1.54) is 24.3 Å². The van der Waals surface area contributed by atoms with Gasteiger partial charge >= 0.3 is 0 Å². The first-order valence-corrected chi connectivity index (χ1v) is 6.95. The molecule has 0 amide bonds. The first-order valence-electron chi connectivity index (χ1n) is 6.16. The van der Waals surface area contributed by atoms with Gasteiger partial charge in [0, 0.05) is 23.8 Å². The van der Waals surface area contributed by atoms with Crippen LogP contribution in [0.5, 0.6) is 0 Å². The molecule has 2 aromatic rings. The van der Waals surface area contributed by atoms with Crippen molar-refractivity contribution in [3.8, 4) is 0 Å². The number of rotatable bonds is 4. The fourth-order valence-electron chi connectivity index (χ4n) is 2.14. The molecule has 0 aliphatic rings. The summed E-state index contributed by atoms with van der Waals surface area (Å²) in [6.45, 7) is 0.287. The zero-order valence-electron chi connectivity index (χ0n) is 11.0. The first kappa shape index (κ1) is 14.9. The fourth-order valence-corrected chi connectivity index (χ4v) is 2.65. The van der Waals surface area contributed by atoms with E-state index in [4.69, 9.17) is 5.73 Å². The lowest BCUT2D eigenvalue weighted by molar-refractivity contribution is 0.610. The molecular weight excluding hydrogens is 326 g/mol. The van der Waals surface area contributed by atoms with E-state index < -0.39 is 0 Å². The van der Waals surface area contributed by atoms with Crippen molar-refractivity contribution in [1.29, 1.82) is 0 Å². The molecule has 0 saturated heterocycles. The topological polar surface area (TPSA) is 29.3 Å². The van der Waals surface area contributed by atoms with Crippen LogP contribution in [-0.4, -0.2) is 13.6 Å². The largest absolute Gasteiger partial charge is 0.366 e. The van der Waals surface area contributed by atoms with Crippen molar-refractivity contribution in [2.45, 2.75) is 6.04 Å². The van der Waals surface area contributed by atoms with Gasteiger partial charge in [-0.2, -0.15) is 0 Å². The summed E-state index contributed by atoms with van der Waals surface area (Å²) in [5, 5.41) is 0. The molecule has 2 N–H and O–H groups in total. The second-order valence-corrected chi connectivity index (χ2v) is 5.36. The van der Waals surface area contributed by atoms with Crippen molar-refractivity contribution >= 4 is 21.6 Å². The highest BCUT2D eigenvalue weighted by Crippen LogP contribution is 2.30. The SMILES string of the molecule is CN(c1cccc(F)c1)C(CN)c1cc(F)ccc1Br.